The standard InChI is InChI=1S/C13H10ClN3/c14-9-4-5-10(11(15)8-9)12-2-1-3-13-16-6-7-17(12)13/h1-8H,15H2. The van der Waals surface area contributed by atoms with Crippen LogP contribution in [0.4, 0.5) is 5.69 Å². The van der Waals surface area contributed by atoms with Gasteiger partial charge in [-0.05, 0) is 30.3 Å². The van der Waals surface area contributed by atoms with E-state index in [9.17, 15) is 0 Å². The molecule has 2 aromatic heterocycles. The van der Waals surface area contributed by atoms with Gasteiger partial charge in [-0.2, -0.15) is 0 Å². The number of benzene rings is 1. The van der Waals surface area contributed by atoms with E-state index in [1.807, 2.05) is 40.9 Å². The van der Waals surface area contributed by atoms with Crippen LogP contribution in [0.3, 0.4) is 0 Å². The molecule has 84 valence electrons. The lowest BCUT2D eigenvalue weighted by Gasteiger charge is -2.08. The van der Waals surface area contributed by atoms with Gasteiger partial charge in [0.25, 0.3) is 0 Å². The van der Waals surface area contributed by atoms with Crippen molar-refractivity contribution in [3.05, 3.63) is 53.8 Å². The first-order valence-electron chi connectivity index (χ1n) is 5.23. The molecule has 0 saturated heterocycles. The predicted octanol–water partition coefficient (Wildman–Crippen LogP) is 3.24. The van der Waals surface area contributed by atoms with Crippen LogP contribution in [0.1, 0.15) is 0 Å². The van der Waals surface area contributed by atoms with Gasteiger partial charge in [-0.25, -0.2) is 4.98 Å². The van der Waals surface area contributed by atoms with E-state index in [0.717, 1.165) is 16.9 Å². The largest absolute Gasteiger partial charge is 0.398 e. The number of halogens is 1. The zero-order valence-corrected chi connectivity index (χ0v) is 9.72. The number of imidazole rings is 1. The second-order valence-electron chi connectivity index (χ2n) is 3.80. The number of fused-ring (bicyclic) bond motifs is 1. The molecule has 17 heavy (non-hydrogen) atoms. The number of nitrogen functional groups attached to an aromatic ring is 1. The average molecular weight is 244 g/mol. The smallest absolute Gasteiger partial charge is 0.137 e. The van der Waals surface area contributed by atoms with Gasteiger partial charge in [0.1, 0.15) is 5.65 Å². The average Bonchev–Trinajstić information content (AvgIpc) is 2.77. The molecule has 0 bridgehead atoms. The Labute approximate surface area is 103 Å². The summed E-state index contributed by atoms with van der Waals surface area (Å²) >= 11 is 5.90. The van der Waals surface area contributed by atoms with Crippen molar-refractivity contribution < 1.29 is 0 Å². The Morgan fingerprint density at radius 3 is 2.88 bits per heavy atom. The van der Waals surface area contributed by atoms with Crippen molar-refractivity contribution in [3.8, 4) is 11.3 Å². The first kappa shape index (κ1) is 10.2. The Balaban J connectivity index is 2.30. The van der Waals surface area contributed by atoms with E-state index < -0.39 is 0 Å². The van der Waals surface area contributed by atoms with Gasteiger partial charge < -0.3 is 5.73 Å². The Kier molecular flexibility index (Phi) is 2.27. The van der Waals surface area contributed by atoms with Crippen LogP contribution in [0.25, 0.3) is 16.9 Å². The van der Waals surface area contributed by atoms with E-state index in [-0.39, 0.29) is 0 Å². The minimum atomic E-state index is 0.643. The SMILES string of the molecule is Nc1cc(Cl)ccc1-c1cccc2nccn12. The molecule has 0 unspecified atom stereocenters. The van der Waals surface area contributed by atoms with Crippen LogP contribution in [0, 0.1) is 0 Å². The number of rotatable bonds is 1. The lowest BCUT2D eigenvalue weighted by Crippen LogP contribution is -1.95. The normalized spacial score (nSPS) is 10.9. The summed E-state index contributed by atoms with van der Waals surface area (Å²) in [5, 5.41) is 0.643. The van der Waals surface area contributed by atoms with Crippen LogP contribution >= 0.6 is 11.6 Å². The molecule has 0 fully saturated rings. The number of anilines is 1. The molecule has 2 N–H and O–H groups in total. The van der Waals surface area contributed by atoms with Crippen molar-refractivity contribution in [2.24, 2.45) is 0 Å². The van der Waals surface area contributed by atoms with Crippen LogP contribution in [-0.4, -0.2) is 9.38 Å². The molecule has 0 aliphatic rings. The van der Waals surface area contributed by atoms with Crippen molar-refractivity contribution in [2.45, 2.75) is 0 Å². The minimum Gasteiger partial charge on any atom is -0.398 e. The maximum Gasteiger partial charge on any atom is 0.137 e. The number of nitrogens with two attached hydrogens (primary N) is 1. The third-order valence-electron chi connectivity index (χ3n) is 2.72. The van der Waals surface area contributed by atoms with Gasteiger partial charge in [0.05, 0.1) is 5.69 Å². The summed E-state index contributed by atoms with van der Waals surface area (Å²) in [7, 11) is 0. The number of nitrogens with zero attached hydrogens (tertiary/aromatic N) is 2. The van der Waals surface area contributed by atoms with E-state index in [0.29, 0.717) is 10.7 Å². The molecule has 0 spiro atoms. The summed E-state index contributed by atoms with van der Waals surface area (Å²) in [6, 6.07) is 11.4. The molecule has 3 nitrogen and oxygen atoms in total. The minimum absolute atomic E-state index is 0.643. The second-order valence-corrected chi connectivity index (χ2v) is 4.23. The molecule has 0 radical (unpaired) electrons. The molecule has 0 atom stereocenters. The number of pyridine rings is 1. The van der Waals surface area contributed by atoms with E-state index in [1.165, 1.54) is 0 Å². The zero-order chi connectivity index (χ0) is 11.8. The summed E-state index contributed by atoms with van der Waals surface area (Å²) in [5.41, 5.74) is 9.53. The number of hydrogen-bond donors (Lipinski definition) is 1. The topological polar surface area (TPSA) is 43.3 Å². The molecule has 3 rings (SSSR count). The zero-order valence-electron chi connectivity index (χ0n) is 8.97. The van der Waals surface area contributed by atoms with Crippen molar-refractivity contribution in [1.29, 1.82) is 0 Å². The molecule has 2 heterocycles. The van der Waals surface area contributed by atoms with Crippen LogP contribution in [0.15, 0.2) is 48.8 Å². The van der Waals surface area contributed by atoms with E-state index >= 15 is 0 Å². The highest BCUT2D eigenvalue weighted by Gasteiger charge is 2.07. The molecule has 4 heteroatoms. The third kappa shape index (κ3) is 1.65. The molecular formula is C13H10ClN3. The lowest BCUT2D eigenvalue weighted by atomic mass is 10.1. The molecule has 0 amide bonds. The van der Waals surface area contributed by atoms with Gasteiger partial charge in [0.2, 0.25) is 0 Å². The van der Waals surface area contributed by atoms with Crippen LogP contribution in [0.2, 0.25) is 5.02 Å². The van der Waals surface area contributed by atoms with Gasteiger partial charge in [-0.1, -0.05) is 17.7 Å². The molecule has 0 saturated carbocycles. The van der Waals surface area contributed by atoms with Gasteiger partial charge in [-0.3, -0.25) is 4.40 Å². The monoisotopic (exact) mass is 243 g/mol. The fourth-order valence-corrected chi connectivity index (χ4v) is 2.11. The predicted molar refractivity (Wildman–Crippen MR) is 70.1 cm³/mol. The first-order chi connectivity index (χ1) is 8.25. The van der Waals surface area contributed by atoms with Gasteiger partial charge >= 0.3 is 0 Å². The Morgan fingerprint density at radius 1 is 1.18 bits per heavy atom. The number of hydrogen-bond acceptors (Lipinski definition) is 2. The summed E-state index contributed by atoms with van der Waals surface area (Å²) in [6.07, 6.45) is 3.68. The Bertz CT molecular complexity index is 688. The Morgan fingerprint density at radius 2 is 2.06 bits per heavy atom. The van der Waals surface area contributed by atoms with Gasteiger partial charge in [0.15, 0.2) is 0 Å². The molecule has 1 aromatic carbocycles. The first-order valence-corrected chi connectivity index (χ1v) is 5.61. The van der Waals surface area contributed by atoms with Gasteiger partial charge in [0, 0.05) is 28.7 Å². The summed E-state index contributed by atoms with van der Waals surface area (Å²) in [6.45, 7) is 0. The van der Waals surface area contributed by atoms with Crippen molar-refractivity contribution in [1.82, 2.24) is 9.38 Å². The molecular weight excluding hydrogens is 234 g/mol. The van der Waals surface area contributed by atoms with E-state index in [1.54, 1.807) is 12.3 Å². The maximum atomic E-state index is 6.00. The maximum absolute atomic E-state index is 6.00. The van der Waals surface area contributed by atoms with Crippen molar-refractivity contribution in [3.63, 3.8) is 0 Å². The quantitative estimate of drug-likeness (QED) is 0.667. The molecule has 3 aromatic rings. The third-order valence-corrected chi connectivity index (χ3v) is 2.95. The highest BCUT2D eigenvalue weighted by atomic mass is 35.5. The van der Waals surface area contributed by atoms with E-state index in [4.69, 9.17) is 17.3 Å². The van der Waals surface area contributed by atoms with Crippen molar-refractivity contribution in [2.75, 3.05) is 5.73 Å². The van der Waals surface area contributed by atoms with Gasteiger partial charge in [-0.15, -0.1) is 0 Å². The molecule has 0 aliphatic carbocycles. The van der Waals surface area contributed by atoms with Crippen LogP contribution in [0.5, 0.6) is 0 Å². The van der Waals surface area contributed by atoms with E-state index in [2.05, 4.69) is 4.98 Å². The fraction of sp³-hybridized carbons (Fsp3) is 0. The Hall–Kier alpha value is -2.00. The highest BCUT2D eigenvalue weighted by molar-refractivity contribution is 6.31. The van der Waals surface area contributed by atoms with Crippen LogP contribution in [-0.2, 0) is 0 Å². The number of aromatic nitrogens is 2. The fourth-order valence-electron chi connectivity index (χ4n) is 1.93. The summed E-state index contributed by atoms with van der Waals surface area (Å²) in [4.78, 5) is 4.25. The molecule has 0 aliphatic heterocycles. The summed E-state index contributed by atoms with van der Waals surface area (Å²) in [5.74, 6) is 0. The van der Waals surface area contributed by atoms with Crippen molar-refractivity contribution >= 4 is 22.9 Å². The summed E-state index contributed by atoms with van der Waals surface area (Å²) < 4.78 is 2.00. The highest BCUT2D eigenvalue weighted by Crippen LogP contribution is 2.28. The lowest BCUT2D eigenvalue weighted by molar-refractivity contribution is 1.19. The second kappa shape index (κ2) is 3.79. The van der Waals surface area contributed by atoms with Crippen LogP contribution < -0.4 is 5.73 Å².